The highest BCUT2D eigenvalue weighted by atomic mass is 16.4. The second-order valence-corrected chi connectivity index (χ2v) is 8.31. The van der Waals surface area contributed by atoms with E-state index in [1.54, 1.807) is 0 Å². The smallest absolute Gasteiger partial charge is 0.304 e. The molecule has 150 valence electrons. The first-order valence-electron chi connectivity index (χ1n) is 9.86. The van der Waals surface area contributed by atoms with Crippen molar-refractivity contribution in [3.8, 4) is 0 Å². The molecule has 0 radical (unpaired) electrons. The normalized spacial score (nSPS) is 29.2. The van der Waals surface area contributed by atoms with Gasteiger partial charge in [0.15, 0.2) is 0 Å². The molecule has 2 aliphatic heterocycles. The van der Waals surface area contributed by atoms with Crippen LogP contribution in [0.4, 0.5) is 0 Å². The topological polar surface area (TPSA) is 84.3 Å². The number of piperidine rings is 1. The predicted octanol–water partition coefficient (Wildman–Crippen LogP) is 1.15. The summed E-state index contributed by atoms with van der Waals surface area (Å²) in [7, 11) is 2.14. The van der Waals surface area contributed by atoms with Crippen molar-refractivity contribution in [3.63, 3.8) is 0 Å². The van der Waals surface area contributed by atoms with Gasteiger partial charge in [0.25, 0.3) is 0 Å². The van der Waals surface area contributed by atoms with Gasteiger partial charge in [0.2, 0.25) is 0 Å². The monoisotopic (exact) mass is 369 g/mol. The lowest BCUT2D eigenvalue weighted by atomic mass is 9.73. The summed E-state index contributed by atoms with van der Waals surface area (Å²) < 4.78 is 0. The molecule has 0 spiro atoms. The zero-order valence-electron chi connectivity index (χ0n) is 16.4. The Morgan fingerprint density at radius 1 is 1.00 bits per heavy atom. The molecule has 0 aliphatic carbocycles. The van der Waals surface area contributed by atoms with Gasteiger partial charge in [0.05, 0.1) is 12.8 Å². The lowest BCUT2D eigenvalue weighted by molar-refractivity contribution is -0.138. The molecule has 26 heavy (non-hydrogen) atoms. The molecular formula is C19H35N3O4. The van der Waals surface area contributed by atoms with Gasteiger partial charge < -0.3 is 20.0 Å². The third-order valence-corrected chi connectivity index (χ3v) is 6.14. The van der Waals surface area contributed by atoms with Crippen LogP contribution in [0.1, 0.15) is 33.1 Å². The van der Waals surface area contributed by atoms with Crippen LogP contribution in [0, 0.1) is 17.8 Å². The zero-order chi connectivity index (χ0) is 19.3. The summed E-state index contributed by atoms with van der Waals surface area (Å²) in [6, 6.07) is 0.341. The van der Waals surface area contributed by atoms with Gasteiger partial charge in [0, 0.05) is 45.3 Å². The summed E-state index contributed by atoms with van der Waals surface area (Å²) in [4.78, 5) is 29.0. The Kier molecular flexibility index (Phi) is 7.85. The van der Waals surface area contributed by atoms with Crippen LogP contribution in [0.5, 0.6) is 0 Å². The molecule has 3 atom stereocenters. The molecular weight excluding hydrogens is 334 g/mol. The van der Waals surface area contributed by atoms with Crippen LogP contribution in [0.2, 0.25) is 0 Å². The highest BCUT2D eigenvalue weighted by molar-refractivity contribution is 5.67. The fraction of sp³-hybridized carbons (Fsp3) is 0.895. The summed E-state index contributed by atoms with van der Waals surface area (Å²) in [5.41, 5.74) is 0. The van der Waals surface area contributed by atoms with Crippen molar-refractivity contribution in [1.82, 2.24) is 14.7 Å². The first kappa shape index (κ1) is 21.1. The van der Waals surface area contributed by atoms with Gasteiger partial charge in [-0.15, -0.1) is 0 Å². The molecule has 0 aromatic heterocycles. The molecule has 2 heterocycles. The first-order chi connectivity index (χ1) is 12.3. The number of piperazine rings is 1. The van der Waals surface area contributed by atoms with Gasteiger partial charge >= 0.3 is 11.9 Å². The van der Waals surface area contributed by atoms with Crippen LogP contribution in [0.3, 0.4) is 0 Å². The largest absolute Gasteiger partial charge is 0.481 e. The number of hydrogen-bond donors (Lipinski definition) is 2. The van der Waals surface area contributed by atoms with E-state index in [0.717, 1.165) is 39.1 Å². The Morgan fingerprint density at radius 3 is 2.27 bits per heavy atom. The van der Waals surface area contributed by atoms with Crippen molar-refractivity contribution in [1.29, 1.82) is 0 Å². The van der Waals surface area contributed by atoms with E-state index < -0.39 is 11.9 Å². The Hall–Kier alpha value is -1.18. The SMILES string of the molecule is CC(C)C1CCN(CCC(=O)O)CC1C1CN(C)CCN1CCC(=O)O. The second kappa shape index (κ2) is 9.67. The minimum Gasteiger partial charge on any atom is -0.481 e. The Bertz CT molecular complexity index is 485. The van der Waals surface area contributed by atoms with Crippen LogP contribution in [0.25, 0.3) is 0 Å². The number of rotatable bonds is 8. The number of carboxylic acid groups (broad SMARTS) is 2. The number of aliphatic carboxylic acids is 2. The summed E-state index contributed by atoms with van der Waals surface area (Å²) in [5, 5.41) is 18.1. The predicted molar refractivity (Wildman–Crippen MR) is 100 cm³/mol. The first-order valence-corrected chi connectivity index (χ1v) is 9.86. The Balaban J connectivity index is 2.12. The van der Waals surface area contributed by atoms with Gasteiger partial charge in [-0.2, -0.15) is 0 Å². The number of nitrogens with zero attached hydrogens (tertiary/aromatic N) is 3. The molecule has 2 fully saturated rings. The molecule has 3 unspecified atom stereocenters. The summed E-state index contributed by atoms with van der Waals surface area (Å²) in [6.45, 7) is 10.5. The van der Waals surface area contributed by atoms with Crippen LogP contribution in [0.15, 0.2) is 0 Å². The molecule has 0 amide bonds. The van der Waals surface area contributed by atoms with Crippen molar-refractivity contribution in [2.45, 2.75) is 39.2 Å². The van der Waals surface area contributed by atoms with Crippen molar-refractivity contribution in [2.75, 3.05) is 52.9 Å². The van der Waals surface area contributed by atoms with E-state index >= 15 is 0 Å². The van der Waals surface area contributed by atoms with E-state index in [9.17, 15) is 9.59 Å². The summed E-state index contributed by atoms with van der Waals surface area (Å²) in [5.74, 6) is 0.145. The number of carbonyl (C=O) groups is 2. The lowest BCUT2D eigenvalue weighted by Gasteiger charge is -2.50. The number of carboxylic acids is 2. The summed E-state index contributed by atoms with van der Waals surface area (Å²) >= 11 is 0. The highest BCUT2D eigenvalue weighted by Crippen LogP contribution is 2.35. The van der Waals surface area contributed by atoms with E-state index in [1.807, 2.05) is 0 Å². The molecule has 0 aromatic rings. The number of likely N-dealkylation sites (N-methyl/N-ethyl adjacent to an activating group) is 1. The van der Waals surface area contributed by atoms with E-state index in [1.165, 1.54) is 0 Å². The van der Waals surface area contributed by atoms with E-state index in [2.05, 4.69) is 35.6 Å². The number of likely N-dealkylation sites (tertiary alicyclic amines) is 1. The molecule has 0 saturated carbocycles. The third-order valence-electron chi connectivity index (χ3n) is 6.14. The van der Waals surface area contributed by atoms with Crippen LogP contribution >= 0.6 is 0 Å². The molecule has 0 bridgehead atoms. The average molecular weight is 370 g/mol. The highest BCUT2D eigenvalue weighted by Gasteiger charge is 2.40. The molecule has 7 nitrogen and oxygen atoms in total. The van der Waals surface area contributed by atoms with Crippen LogP contribution < -0.4 is 0 Å². The maximum atomic E-state index is 11.1. The van der Waals surface area contributed by atoms with Crippen molar-refractivity contribution in [2.24, 2.45) is 17.8 Å². The Labute approximate surface area is 156 Å². The van der Waals surface area contributed by atoms with Crippen LogP contribution in [-0.2, 0) is 9.59 Å². The Morgan fingerprint density at radius 2 is 1.65 bits per heavy atom. The van der Waals surface area contributed by atoms with E-state index in [-0.39, 0.29) is 12.8 Å². The van der Waals surface area contributed by atoms with Gasteiger partial charge in [-0.25, -0.2) is 0 Å². The lowest BCUT2D eigenvalue weighted by Crippen LogP contribution is -2.60. The standard InChI is InChI=1S/C19H35N3O4/c1-14(2)15-4-7-21(8-5-18(23)24)12-16(15)17-13-20(3)10-11-22(17)9-6-19(25)26/h14-17H,4-13H2,1-3H3,(H,23,24)(H,25,26). The van der Waals surface area contributed by atoms with Gasteiger partial charge in [-0.05, 0) is 37.8 Å². The zero-order valence-corrected chi connectivity index (χ0v) is 16.4. The maximum absolute atomic E-state index is 11.1. The van der Waals surface area contributed by atoms with Gasteiger partial charge in [0.1, 0.15) is 0 Å². The second-order valence-electron chi connectivity index (χ2n) is 8.31. The van der Waals surface area contributed by atoms with Gasteiger partial charge in [-0.1, -0.05) is 13.8 Å². The fourth-order valence-corrected chi connectivity index (χ4v) is 4.68. The van der Waals surface area contributed by atoms with Crippen molar-refractivity contribution < 1.29 is 19.8 Å². The van der Waals surface area contributed by atoms with Crippen LogP contribution in [-0.4, -0.2) is 95.8 Å². The molecule has 2 rings (SSSR count). The molecule has 2 saturated heterocycles. The molecule has 2 aliphatic rings. The number of hydrogen-bond acceptors (Lipinski definition) is 5. The maximum Gasteiger partial charge on any atom is 0.304 e. The quantitative estimate of drug-likeness (QED) is 0.664. The minimum atomic E-state index is -0.743. The van der Waals surface area contributed by atoms with E-state index in [0.29, 0.717) is 36.9 Å². The third kappa shape index (κ3) is 5.93. The van der Waals surface area contributed by atoms with Crippen molar-refractivity contribution in [3.05, 3.63) is 0 Å². The minimum absolute atomic E-state index is 0.183. The molecule has 7 heteroatoms. The van der Waals surface area contributed by atoms with E-state index in [4.69, 9.17) is 10.2 Å². The molecule has 2 N–H and O–H groups in total. The fourth-order valence-electron chi connectivity index (χ4n) is 4.68. The molecule has 0 aromatic carbocycles. The summed E-state index contributed by atoms with van der Waals surface area (Å²) in [6.07, 6.45) is 1.46. The average Bonchev–Trinajstić information content (AvgIpc) is 2.58. The van der Waals surface area contributed by atoms with Gasteiger partial charge in [-0.3, -0.25) is 14.5 Å². The van der Waals surface area contributed by atoms with Crippen molar-refractivity contribution >= 4 is 11.9 Å².